The summed E-state index contributed by atoms with van der Waals surface area (Å²) in [6.45, 7) is 0. The van der Waals surface area contributed by atoms with E-state index in [1.807, 2.05) is 0 Å². The first kappa shape index (κ1) is 7.94. The van der Waals surface area contributed by atoms with Gasteiger partial charge in [-0.1, -0.05) is 6.08 Å². The fraction of sp³-hybridized carbons (Fsp3) is 0.400. The minimum atomic E-state index is -1.74. The standard InChI is InChI=1S/C10H8O4/c11-6-2-1-5-7-3-4-10(13,8(5)6)9(12)14-7/h1-5,7-8,13H/t5?,7-,8?,10-/m0/s1. The van der Waals surface area contributed by atoms with Gasteiger partial charge in [0.1, 0.15) is 6.10 Å². The molecule has 0 aromatic heterocycles. The van der Waals surface area contributed by atoms with Crippen LogP contribution >= 0.6 is 0 Å². The van der Waals surface area contributed by atoms with E-state index in [1.165, 1.54) is 12.2 Å². The number of rotatable bonds is 0. The highest BCUT2D eigenvalue weighted by Gasteiger charge is 2.60. The highest BCUT2D eigenvalue weighted by atomic mass is 16.6. The van der Waals surface area contributed by atoms with E-state index >= 15 is 0 Å². The molecule has 4 atom stereocenters. The van der Waals surface area contributed by atoms with Crippen LogP contribution in [0.1, 0.15) is 0 Å². The Bertz CT molecular complexity index is 395. The van der Waals surface area contributed by atoms with Gasteiger partial charge in [0.15, 0.2) is 11.4 Å². The Morgan fingerprint density at radius 2 is 2.14 bits per heavy atom. The third-order valence-corrected chi connectivity index (χ3v) is 3.14. The van der Waals surface area contributed by atoms with Gasteiger partial charge in [-0.3, -0.25) is 4.79 Å². The van der Waals surface area contributed by atoms with Crippen LogP contribution in [0.25, 0.3) is 0 Å². The third kappa shape index (κ3) is 0.688. The molecule has 0 radical (unpaired) electrons. The van der Waals surface area contributed by atoms with Crippen molar-refractivity contribution in [3.8, 4) is 0 Å². The molecule has 0 spiro atoms. The number of hydrogen-bond acceptors (Lipinski definition) is 4. The number of hydrogen-bond donors (Lipinski definition) is 1. The van der Waals surface area contributed by atoms with Crippen LogP contribution in [0.5, 0.6) is 0 Å². The Balaban J connectivity index is 2.17. The molecule has 14 heavy (non-hydrogen) atoms. The fourth-order valence-corrected chi connectivity index (χ4v) is 2.42. The molecule has 4 rings (SSSR count). The summed E-state index contributed by atoms with van der Waals surface area (Å²) in [5, 5.41) is 10.0. The first-order valence-corrected chi connectivity index (χ1v) is 4.48. The molecule has 1 saturated heterocycles. The molecule has 72 valence electrons. The van der Waals surface area contributed by atoms with Gasteiger partial charge in [0.05, 0.1) is 5.92 Å². The summed E-state index contributed by atoms with van der Waals surface area (Å²) in [6.07, 6.45) is 5.77. The first-order valence-electron chi connectivity index (χ1n) is 4.48. The van der Waals surface area contributed by atoms with Gasteiger partial charge in [0.25, 0.3) is 0 Å². The smallest absolute Gasteiger partial charge is 0.343 e. The average molecular weight is 192 g/mol. The second-order valence-corrected chi connectivity index (χ2v) is 3.87. The lowest BCUT2D eigenvalue weighted by atomic mass is 9.70. The summed E-state index contributed by atoms with van der Waals surface area (Å²) in [4.78, 5) is 22.8. The van der Waals surface area contributed by atoms with E-state index in [1.54, 1.807) is 12.2 Å². The number of ketones is 1. The lowest BCUT2D eigenvalue weighted by molar-refractivity contribution is -0.190. The second kappa shape index (κ2) is 2.15. The minimum Gasteiger partial charge on any atom is -0.455 e. The highest BCUT2D eigenvalue weighted by molar-refractivity contribution is 6.02. The molecule has 4 nitrogen and oxygen atoms in total. The number of allylic oxidation sites excluding steroid dienone is 1. The maximum Gasteiger partial charge on any atom is 0.343 e. The predicted octanol–water partition coefficient (Wildman–Crippen LogP) is -0.416. The van der Waals surface area contributed by atoms with Crippen molar-refractivity contribution < 1.29 is 19.4 Å². The fourth-order valence-electron chi connectivity index (χ4n) is 2.42. The maximum absolute atomic E-state index is 11.5. The lowest BCUT2D eigenvalue weighted by Gasteiger charge is -2.44. The summed E-state index contributed by atoms with van der Waals surface area (Å²) in [5.41, 5.74) is -1.74. The Labute approximate surface area is 79.9 Å². The van der Waals surface area contributed by atoms with Gasteiger partial charge in [0.2, 0.25) is 0 Å². The zero-order valence-electron chi connectivity index (χ0n) is 7.21. The molecule has 1 N–H and O–H groups in total. The predicted molar refractivity (Wildman–Crippen MR) is 45.1 cm³/mol. The number of ether oxygens (including phenoxy) is 1. The van der Waals surface area contributed by atoms with Crippen molar-refractivity contribution >= 4 is 11.8 Å². The molecule has 2 heterocycles. The van der Waals surface area contributed by atoms with E-state index in [4.69, 9.17) is 4.74 Å². The van der Waals surface area contributed by atoms with Crippen molar-refractivity contribution in [2.45, 2.75) is 11.7 Å². The molecule has 0 saturated carbocycles. The molecule has 2 bridgehead atoms. The Morgan fingerprint density at radius 1 is 1.36 bits per heavy atom. The molecule has 1 fully saturated rings. The molecular weight excluding hydrogens is 184 g/mol. The van der Waals surface area contributed by atoms with Gasteiger partial charge >= 0.3 is 5.97 Å². The van der Waals surface area contributed by atoms with E-state index in [9.17, 15) is 14.7 Å². The summed E-state index contributed by atoms with van der Waals surface area (Å²) >= 11 is 0. The number of fused-ring (bicyclic) bond motifs is 1. The number of carbonyl (C=O) groups excluding carboxylic acids is 2. The van der Waals surface area contributed by atoms with Crippen molar-refractivity contribution in [2.24, 2.45) is 11.8 Å². The molecule has 2 aliphatic heterocycles. The first-order chi connectivity index (χ1) is 6.63. The van der Waals surface area contributed by atoms with Crippen LogP contribution in [-0.4, -0.2) is 28.6 Å². The molecule has 2 unspecified atom stereocenters. The van der Waals surface area contributed by atoms with Gasteiger partial charge in [-0.15, -0.1) is 0 Å². The van der Waals surface area contributed by atoms with Crippen LogP contribution in [0.4, 0.5) is 0 Å². The zero-order valence-corrected chi connectivity index (χ0v) is 7.21. The molecule has 0 amide bonds. The zero-order chi connectivity index (χ0) is 9.92. The quantitative estimate of drug-likeness (QED) is 0.418. The molecule has 0 aromatic carbocycles. The molecule has 4 heteroatoms. The van der Waals surface area contributed by atoms with E-state index < -0.39 is 17.5 Å². The molecule has 2 aliphatic carbocycles. The Kier molecular flexibility index (Phi) is 1.22. The van der Waals surface area contributed by atoms with Crippen molar-refractivity contribution in [2.75, 3.05) is 0 Å². The number of carbonyl (C=O) groups is 2. The van der Waals surface area contributed by atoms with Crippen molar-refractivity contribution in [3.63, 3.8) is 0 Å². The summed E-state index contributed by atoms with van der Waals surface area (Å²) < 4.78 is 4.97. The maximum atomic E-state index is 11.5. The second-order valence-electron chi connectivity index (χ2n) is 3.87. The minimum absolute atomic E-state index is 0.185. The molecular formula is C10H8O4. The van der Waals surface area contributed by atoms with Gasteiger partial charge < -0.3 is 9.84 Å². The largest absolute Gasteiger partial charge is 0.455 e. The lowest BCUT2D eigenvalue weighted by Crippen LogP contribution is -2.60. The van der Waals surface area contributed by atoms with Crippen molar-refractivity contribution in [3.05, 3.63) is 24.3 Å². The number of aliphatic hydroxyl groups is 1. The Morgan fingerprint density at radius 3 is 2.86 bits per heavy atom. The van der Waals surface area contributed by atoms with E-state index in [0.29, 0.717) is 0 Å². The van der Waals surface area contributed by atoms with Crippen molar-refractivity contribution in [1.82, 2.24) is 0 Å². The van der Waals surface area contributed by atoms with Crippen LogP contribution in [0, 0.1) is 11.8 Å². The number of esters is 1. The summed E-state index contributed by atoms with van der Waals surface area (Å²) in [7, 11) is 0. The van der Waals surface area contributed by atoms with Crippen LogP contribution < -0.4 is 0 Å². The normalized spacial score (nSPS) is 48.2. The van der Waals surface area contributed by atoms with E-state index in [0.717, 1.165) is 0 Å². The van der Waals surface area contributed by atoms with Crippen molar-refractivity contribution in [1.29, 1.82) is 0 Å². The highest BCUT2D eigenvalue weighted by Crippen LogP contribution is 2.45. The van der Waals surface area contributed by atoms with Crippen LogP contribution in [0.3, 0.4) is 0 Å². The van der Waals surface area contributed by atoms with Crippen LogP contribution in [0.2, 0.25) is 0 Å². The summed E-state index contributed by atoms with van der Waals surface area (Å²) in [5.74, 6) is -1.75. The Hall–Kier alpha value is -1.42. The average Bonchev–Trinajstić information content (AvgIpc) is 2.53. The van der Waals surface area contributed by atoms with Gasteiger partial charge in [-0.05, 0) is 18.2 Å². The van der Waals surface area contributed by atoms with Gasteiger partial charge in [-0.25, -0.2) is 4.79 Å². The third-order valence-electron chi connectivity index (χ3n) is 3.14. The van der Waals surface area contributed by atoms with Crippen LogP contribution in [-0.2, 0) is 14.3 Å². The van der Waals surface area contributed by atoms with Crippen LogP contribution in [0.15, 0.2) is 24.3 Å². The van der Waals surface area contributed by atoms with Gasteiger partial charge in [-0.2, -0.15) is 0 Å². The monoisotopic (exact) mass is 192 g/mol. The SMILES string of the molecule is O=C1C=CC2C1[C@@]1(O)C=C[C@@H]2OC1=O. The summed E-state index contributed by atoms with van der Waals surface area (Å²) in [6, 6.07) is 0. The van der Waals surface area contributed by atoms with E-state index in [-0.39, 0.29) is 17.8 Å². The van der Waals surface area contributed by atoms with E-state index in [2.05, 4.69) is 0 Å². The molecule has 0 aromatic rings. The van der Waals surface area contributed by atoms with Gasteiger partial charge in [0, 0.05) is 5.92 Å². The molecule has 4 aliphatic rings. The topological polar surface area (TPSA) is 63.6 Å².